The number of benzene rings is 1. The maximum absolute atomic E-state index is 12.0. The van der Waals surface area contributed by atoms with E-state index in [1.54, 1.807) is 23.0 Å². The molecular weight excluding hydrogens is 372 g/mol. The first-order valence-electron chi connectivity index (χ1n) is 5.45. The largest absolute Gasteiger partial charge is 0.573 e. The zero-order valence-corrected chi connectivity index (χ0v) is 11.9. The first-order chi connectivity index (χ1) is 8.92. The molecule has 102 valence electrons. The molecule has 1 heterocycles. The predicted molar refractivity (Wildman–Crippen MR) is 71.8 cm³/mol. The van der Waals surface area contributed by atoms with Gasteiger partial charge in [0.2, 0.25) is 0 Å². The van der Waals surface area contributed by atoms with Crippen LogP contribution >= 0.6 is 22.6 Å². The highest BCUT2D eigenvalue weighted by Crippen LogP contribution is 2.22. The van der Waals surface area contributed by atoms with E-state index < -0.39 is 6.36 Å². The molecule has 0 aliphatic carbocycles. The SMILES string of the molecule is FC(F)(F)Oc1ccc(CCn2cc(I)cn2)cc1. The van der Waals surface area contributed by atoms with Gasteiger partial charge in [-0.1, -0.05) is 12.1 Å². The summed E-state index contributed by atoms with van der Waals surface area (Å²) in [5.74, 6) is -0.204. The summed E-state index contributed by atoms with van der Waals surface area (Å²) in [5, 5.41) is 4.13. The highest BCUT2D eigenvalue weighted by molar-refractivity contribution is 14.1. The van der Waals surface area contributed by atoms with Crippen LogP contribution < -0.4 is 4.74 Å². The van der Waals surface area contributed by atoms with Crippen LogP contribution in [0, 0.1) is 3.57 Å². The lowest BCUT2D eigenvalue weighted by atomic mass is 10.1. The van der Waals surface area contributed by atoms with Gasteiger partial charge >= 0.3 is 6.36 Å². The Balaban J connectivity index is 1.91. The van der Waals surface area contributed by atoms with Gasteiger partial charge in [-0.05, 0) is 46.7 Å². The Labute approximate surface area is 121 Å². The zero-order chi connectivity index (χ0) is 13.9. The summed E-state index contributed by atoms with van der Waals surface area (Å²) in [5.41, 5.74) is 0.931. The number of hydrogen-bond acceptors (Lipinski definition) is 2. The highest BCUT2D eigenvalue weighted by Gasteiger charge is 2.30. The normalized spacial score (nSPS) is 11.6. The van der Waals surface area contributed by atoms with Gasteiger partial charge in [-0.2, -0.15) is 5.10 Å². The second kappa shape index (κ2) is 5.81. The molecule has 1 aromatic carbocycles. The number of rotatable bonds is 4. The molecule has 2 aromatic rings. The summed E-state index contributed by atoms with van der Waals surface area (Å²) in [6, 6.07) is 5.87. The van der Waals surface area contributed by atoms with Gasteiger partial charge in [0.1, 0.15) is 5.75 Å². The van der Waals surface area contributed by atoms with Gasteiger partial charge in [0.15, 0.2) is 0 Å². The summed E-state index contributed by atoms with van der Waals surface area (Å²) in [6.07, 6.45) is -0.292. The quantitative estimate of drug-likeness (QED) is 0.756. The molecule has 19 heavy (non-hydrogen) atoms. The number of nitrogens with zero attached hydrogens (tertiary/aromatic N) is 2. The molecule has 0 saturated carbocycles. The van der Waals surface area contributed by atoms with Gasteiger partial charge in [0, 0.05) is 12.7 Å². The van der Waals surface area contributed by atoms with Crippen LogP contribution in [0.5, 0.6) is 5.75 Å². The van der Waals surface area contributed by atoms with Gasteiger partial charge in [-0.3, -0.25) is 4.68 Å². The summed E-state index contributed by atoms with van der Waals surface area (Å²) >= 11 is 2.17. The van der Waals surface area contributed by atoms with E-state index in [-0.39, 0.29) is 5.75 Å². The minimum absolute atomic E-state index is 0.204. The van der Waals surface area contributed by atoms with Crippen LogP contribution in [0.3, 0.4) is 0 Å². The van der Waals surface area contributed by atoms with Crippen molar-refractivity contribution in [2.75, 3.05) is 0 Å². The van der Waals surface area contributed by atoms with E-state index in [1.807, 2.05) is 6.20 Å². The molecule has 0 amide bonds. The van der Waals surface area contributed by atoms with Gasteiger partial charge in [-0.15, -0.1) is 13.2 Å². The van der Waals surface area contributed by atoms with E-state index in [0.717, 1.165) is 9.13 Å². The van der Waals surface area contributed by atoms with E-state index in [1.165, 1.54) is 12.1 Å². The third-order valence-corrected chi connectivity index (χ3v) is 2.95. The molecule has 0 saturated heterocycles. The van der Waals surface area contributed by atoms with E-state index in [9.17, 15) is 13.2 Å². The second-order valence-corrected chi connectivity index (χ2v) is 5.11. The molecule has 1 aromatic heterocycles. The van der Waals surface area contributed by atoms with Crippen LogP contribution in [0.25, 0.3) is 0 Å². The number of aromatic nitrogens is 2. The van der Waals surface area contributed by atoms with E-state index in [2.05, 4.69) is 32.4 Å². The number of ether oxygens (including phenoxy) is 1. The average molecular weight is 382 g/mol. The zero-order valence-electron chi connectivity index (χ0n) is 9.69. The Morgan fingerprint density at radius 1 is 1.21 bits per heavy atom. The molecule has 0 spiro atoms. The Bertz CT molecular complexity index is 537. The molecule has 0 atom stereocenters. The van der Waals surface area contributed by atoms with Crippen LogP contribution in [-0.4, -0.2) is 16.1 Å². The van der Waals surface area contributed by atoms with Crippen LogP contribution in [0.1, 0.15) is 5.56 Å². The monoisotopic (exact) mass is 382 g/mol. The Morgan fingerprint density at radius 2 is 1.89 bits per heavy atom. The maximum Gasteiger partial charge on any atom is 0.573 e. The fourth-order valence-electron chi connectivity index (χ4n) is 1.56. The molecule has 0 aliphatic heterocycles. The van der Waals surface area contributed by atoms with Crippen molar-refractivity contribution in [2.24, 2.45) is 0 Å². The molecule has 3 nitrogen and oxygen atoms in total. The minimum atomic E-state index is -4.65. The van der Waals surface area contributed by atoms with Crippen LogP contribution in [-0.2, 0) is 13.0 Å². The van der Waals surface area contributed by atoms with Gasteiger partial charge in [-0.25, -0.2) is 0 Å². The summed E-state index contributed by atoms with van der Waals surface area (Å²) in [6.45, 7) is 0.683. The van der Waals surface area contributed by atoms with Crippen molar-refractivity contribution < 1.29 is 17.9 Å². The number of aryl methyl sites for hydroxylation is 2. The first-order valence-corrected chi connectivity index (χ1v) is 6.53. The van der Waals surface area contributed by atoms with Crippen molar-refractivity contribution in [3.8, 4) is 5.75 Å². The number of hydrogen-bond donors (Lipinski definition) is 0. The highest BCUT2D eigenvalue weighted by atomic mass is 127. The fraction of sp³-hybridized carbons (Fsp3) is 0.250. The van der Waals surface area contributed by atoms with Crippen molar-refractivity contribution in [2.45, 2.75) is 19.3 Å². The third-order valence-electron chi connectivity index (χ3n) is 2.39. The van der Waals surface area contributed by atoms with Crippen LogP contribution in [0.4, 0.5) is 13.2 Å². The van der Waals surface area contributed by atoms with Crippen molar-refractivity contribution in [3.05, 3.63) is 45.8 Å². The van der Waals surface area contributed by atoms with E-state index >= 15 is 0 Å². The standard InChI is InChI=1S/C12H10F3IN2O/c13-12(14,15)19-11-3-1-9(2-4-11)5-6-18-8-10(16)7-17-18/h1-4,7-8H,5-6H2. The topological polar surface area (TPSA) is 27.1 Å². The number of alkyl halides is 3. The molecule has 7 heteroatoms. The smallest absolute Gasteiger partial charge is 0.406 e. The van der Waals surface area contributed by atoms with Gasteiger partial charge < -0.3 is 4.74 Å². The minimum Gasteiger partial charge on any atom is -0.406 e. The van der Waals surface area contributed by atoms with Crippen molar-refractivity contribution in [3.63, 3.8) is 0 Å². The second-order valence-electron chi connectivity index (χ2n) is 3.86. The lowest BCUT2D eigenvalue weighted by molar-refractivity contribution is -0.274. The molecular formula is C12H10F3IN2O. The molecule has 2 rings (SSSR count). The summed E-state index contributed by atoms with van der Waals surface area (Å²) in [4.78, 5) is 0. The first kappa shape index (κ1) is 14.2. The molecule has 0 N–H and O–H groups in total. The van der Waals surface area contributed by atoms with Crippen LogP contribution in [0.2, 0.25) is 0 Å². The van der Waals surface area contributed by atoms with E-state index in [0.29, 0.717) is 13.0 Å². The maximum atomic E-state index is 12.0. The molecule has 0 aliphatic rings. The summed E-state index contributed by atoms with van der Waals surface area (Å²) in [7, 11) is 0. The lowest BCUT2D eigenvalue weighted by Crippen LogP contribution is -2.17. The summed E-state index contributed by atoms with van der Waals surface area (Å²) < 4.78 is 42.6. The molecule has 0 bridgehead atoms. The van der Waals surface area contributed by atoms with Crippen LogP contribution in [0.15, 0.2) is 36.7 Å². The predicted octanol–water partition coefficient (Wildman–Crippen LogP) is 3.63. The van der Waals surface area contributed by atoms with Crippen molar-refractivity contribution >= 4 is 22.6 Å². The van der Waals surface area contributed by atoms with E-state index in [4.69, 9.17) is 0 Å². The molecule has 0 fully saturated rings. The Hall–Kier alpha value is -1.25. The molecule has 0 radical (unpaired) electrons. The van der Waals surface area contributed by atoms with Gasteiger partial charge in [0.25, 0.3) is 0 Å². The van der Waals surface area contributed by atoms with Crippen molar-refractivity contribution in [1.82, 2.24) is 9.78 Å². The lowest BCUT2D eigenvalue weighted by Gasteiger charge is -2.09. The number of halogens is 4. The van der Waals surface area contributed by atoms with Gasteiger partial charge in [0.05, 0.1) is 9.77 Å². The Kier molecular flexibility index (Phi) is 4.33. The Morgan fingerprint density at radius 3 is 2.42 bits per heavy atom. The third kappa shape index (κ3) is 4.73. The average Bonchev–Trinajstić information content (AvgIpc) is 2.72. The molecule has 0 unspecified atom stereocenters. The fourth-order valence-corrected chi connectivity index (χ4v) is 2.01. The van der Waals surface area contributed by atoms with Crippen molar-refractivity contribution in [1.29, 1.82) is 0 Å².